The van der Waals surface area contributed by atoms with Gasteiger partial charge in [0.05, 0.1) is 12.7 Å². The highest BCUT2D eigenvalue weighted by Gasteiger charge is 2.27. The molecule has 1 aromatic carbocycles. The second-order valence-electron chi connectivity index (χ2n) is 5.42. The van der Waals surface area contributed by atoms with Gasteiger partial charge < -0.3 is 14.4 Å². The summed E-state index contributed by atoms with van der Waals surface area (Å²) in [7, 11) is 3.07. The van der Waals surface area contributed by atoms with E-state index in [9.17, 15) is 13.6 Å². The quantitative estimate of drug-likeness (QED) is 0.832. The van der Waals surface area contributed by atoms with Crippen LogP contribution in [0.2, 0.25) is 0 Å². The average Bonchev–Trinajstić information content (AvgIpc) is 2.54. The van der Waals surface area contributed by atoms with Crippen molar-refractivity contribution < 1.29 is 23.0 Å². The lowest BCUT2D eigenvalue weighted by Gasteiger charge is -2.31. The molecular formula is C16H21F2NO3. The van der Waals surface area contributed by atoms with Crippen molar-refractivity contribution in [3.05, 3.63) is 23.8 Å². The molecule has 0 aliphatic heterocycles. The number of carbonyl (C=O) groups is 1. The van der Waals surface area contributed by atoms with Crippen molar-refractivity contribution in [3.8, 4) is 11.5 Å². The van der Waals surface area contributed by atoms with Gasteiger partial charge in [-0.3, -0.25) is 4.79 Å². The zero-order valence-corrected chi connectivity index (χ0v) is 12.9. The van der Waals surface area contributed by atoms with Crippen LogP contribution in [-0.2, 0) is 0 Å². The second kappa shape index (κ2) is 7.42. The highest BCUT2D eigenvalue weighted by atomic mass is 19.3. The van der Waals surface area contributed by atoms with Gasteiger partial charge >= 0.3 is 6.61 Å². The fourth-order valence-corrected chi connectivity index (χ4v) is 2.88. The number of nitrogens with zero attached hydrogens (tertiary/aromatic N) is 1. The molecule has 0 unspecified atom stereocenters. The minimum Gasteiger partial charge on any atom is -0.493 e. The van der Waals surface area contributed by atoms with Crippen molar-refractivity contribution in [3.63, 3.8) is 0 Å². The average molecular weight is 313 g/mol. The zero-order valence-electron chi connectivity index (χ0n) is 12.9. The van der Waals surface area contributed by atoms with E-state index in [1.807, 2.05) is 0 Å². The van der Waals surface area contributed by atoms with Gasteiger partial charge in [-0.25, -0.2) is 0 Å². The van der Waals surface area contributed by atoms with Crippen molar-refractivity contribution in [1.29, 1.82) is 0 Å². The second-order valence-corrected chi connectivity index (χ2v) is 5.42. The van der Waals surface area contributed by atoms with Crippen LogP contribution in [0, 0.1) is 0 Å². The first-order chi connectivity index (χ1) is 10.5. The molecule has 4 nitrogen and oxygen atoms in total. The van der Waals surface area contributed by atoms with Crippen LogP contribution in [0.1, 0.15) is 42.5 Å². The SMILES string of the molecule is COc1cccc(C(=O)N(C)C2CCCCC2)c1OC(F)F. The molecule has 1 fully saturated rings. The Balaban J connectivity index is 2.27. The number of para-hydroxylation sites is 1. The molecule has 0 spiro atoms. The van der Waals surface area contributed by atoms with Gasteiger partial charge in [0.2, 0.25) is 0 Å². The van der Waals surface area contributed by atoms with Crippen LogP contribution < -0.4 is 9.47 Å². The number of ether oxygens (including phenoxy) is 2. The van der Waals surface area contributed by atoms with Gasteiger partial charge in [0.25, 0.3) is 5.91 Å². The molecule has 1 saturated carbocycles. The van der Waals surface area contributed by atoms with E-state index in [0.29, 0.717) is 0 Å². The van der Waals surface area contributed by atoms with Gasteiger partial charge in [-0.1, -0.05) is 25.3 Å². The molecule has 0 heterocycles. The largest absolute Gasteiger partial charge is 0.493 e. The summed E-state index contributed by atoms with van der Waals surface area (Å²) < 4.78 is 34.8. The summed E-state index contributed by atoms with van der Waals surface area (Å²) in [6.07, 6.45) is 5.23. The summed E-state index contributed by atoms with van der Waals surface area (Å²) in [5, 5.41) is 0. The molecule has 6 heteroatoms. The van der Waals surface area contributed by atoms with Gasteiger partial charge in [-0.15, -0.1) is 0 Å². The van der Waals surface area contributed by atoms with E-state index in [1.165, 1.54) is 25.7 Å². The summed E-state index contributed by atoms with van der Waals surface area (Å²) in [4.78, 5) is 14.3. The number of amides is 1. The molecule has 122 valence electrons. The third-order valence-corrected chi connectivity index (χ3v) is 4.08. The molecule has 1 aliphatic carbocycles. The first-order valence-electron chi connectivity index (χ1n) is 7.43. The normalized spacial score (nSPS) is 15.7. The number of methoxy groups -OCH3 is 1. The van der Waals surface area contributed by atoms with E-state index in [0.717, 1.165) is 25.7 Å². The van der Waals surface area contributed by atoms with E-state index in [-0.39, 0.29) is 29.0 Å². The first-order valence-corrected chi connectivity index (χ1v) is 7.43. The fourth-order valence-electron chi connectivity index (χ4n) is 2.88. The molecule has 1 aliphatic rings. The molecule has 0 N–H and O–H groups in total. The topological polar surface area (TPSA) is 38.8 Å². The Hall–Kier alpha value is -1.85. The minimum atomic E-state index is -3.01. The van der Waals surface area contributed by atoms with Crippen molar-refractivity contribution in [2.24, 2.45) is 0 Å². The van der Waals surface area contributed by atoms with Gasteiger partial charge in [0.15, 0.2) is 11.5 Å². The Bertz CT molecular complexity index is 516. The lowest BCUT2D eigenvalue weighted by atomic mass is 9.94. The molecule has 0 radical (unpaired) electrons. The number of halogens is 2. The van der Waals surface area contributed by atoms with Crippen LogP contribution in [0.3, 0.4) is 0 Å². The van der Waals surface area contributed by atoms with Crippen molar-refractivity contribution >= 4 is 5.91 Å². The number of alkyl halides is 2. The Labute approximate surface area is 129 Å². The number of carbonyl (C=O) groups excluding carboxylic acids is 1. The van der Waals surface area contributed by atoms with E-state index >= 15 is 0 Å². The monoisotopic (exact) mass is 313 g/mol. The number of hydrogen-bond acceptors (Lipinski definition) is 3. The van der Waals surface area contributed by atoms with Gasteiger partial charge in [-0.05, 0) is 25.0 Å². The molecule has 22 heavy (non-hydrogen) atoms. The number of rotatable bonds is 5. The molecule has 0 aromatic heterocycles. The maximum Gasteiger partial charge on any atom is 0.387 e. The maximum atomic E-state index is 12.7. The van der Waals surface area contributed by atoms with E-state index in [2.05, 4.69) is 4.74 Å². The van der Waals surface area contributed by atoms with Crippen LogP contribution in [0.15, 0.2) is 18.2 Å². The van der Waals surface area contributed by atoms with Crippen LogP contribution in [0.5, 0.6) is 11.5 Å². The van der Waals surface area contributed by atoms with Gasteiger partial charge in [-0.2, -0.15) is 8.78 Å². The molecule has 0 bridgehead atoms. The molecule has 2 rings (SSSR count). The standard InChI is InChI=1S/C16H21F2NO3/c1-19(11-7-4-3-5-8-11)15(20)12-9-6-10-13(21-2)14(12)22-16(17)18/h6,9-11,16H,3-5,7-8H2,1-2H3. The Kier molecular flexibility index (Phi) is 5.57. The smallest absolute Gasteiger partial charge is 0.387 e. The number of benzene rings is 1. The highest BCUT2D eigenvalue weighted by Crippen LogP contribution is 2.34. The lowest BCUT2D eigenvalue weighted by molar-refractivity contribution is -0.0516. The van der Waals surface area contributed by atoms with E-state index in [1.54, 1.807) is 18.0 Å². The summed E-state index contributed by atoms with van der Waals surface area (Å²) in [5.41, 5.74) is 0.104. The Morgan fingerprint density at radius 2 is 1.95 bits per heavy atom. The molecule has 1 amide bonds. The zero-order chi connectivity index (χ0) is 16.1. The Morgan fingerprint density at radius 1 is 1.27 bits per heavy atom. The van der Waals surface area contributed by atoms with Crippen molar-refractivity contribution in [1.82, 2.24) is 4.90 Å². The molecule has 0 atom stereocenters. The van der Waals surface area contributed by atoms with Crippen LogP contribution in [0.25, 0.3) is 0 Å². The van der Waals surface area contributed by atoms with E-state index in [4.69, 9.17) is 4.74 Å². The predicted octanol–water partition coefficient (Wildman–Crippen LogP) is 3.70. The summed E-state index contributed by atoms with van der Waals surface area (Å²) in [5.74, 6) is -0.391. The summed E-state index contributed by atoms with van der Waals surface area (Å²) >= 11 is 0. The highest BCUT2D eigenvalue weighted by molar-refractivity contribution is 5.97. The minimum absolute atomic E-state index is 0.104. The summed E-state index contributed by atoms with van der Waals surface area (Å²) in [6.45, 7) is -3.01. The van der Waals surface area contributed by atoms with Crippen LogP contribution in [0.4, 0.5) is 8.78 Å². The third kappa shape index (κ3) is 3.67. The van der Waals surface area contributed by atoms with Gasteiger partial charge in [0, 0.05) is 13.1 Å². The van der Waals surface area contributed by atoms with Gasteiger partial charge in [0.1, 0.15) is 0 Å². The van der Waals surface area contributed by atoms with Crippen molar-refractivity contribution in [2.75, 3.05) is 14.2 Å². The predicted molar refractivity (Wildman–Crippen MR) is 78.6 cm³/mol. The molecule has 0 saturated heterocycles. The van der Waals surface area contributed by atoms with Crippen LogP contribution >= 0.6 is 0 Å². The molecule has 1 aromatic rings. The van der Waals surface area contributed by atoms with E-state index < -0.39 is 6.61 Å². The third-order valence-electron chi connectivity index (χ3n) is 4.08. The van der Waals surface area contributed by atoms with Crippen molar-refractivity contribution in [2.45, 2.75) is 44.8 Å². The fraction of sp³-hybridized carbons (Fsp3) is 0.562. The van der Waals surface area contributed by atoms with Crippen LogP contribution in [-0.4, -0.2) is 37.6 Å². The number of hydrogen-bond donors (Lipinski definition) is 0. The first kappa shape index (κ1) is 16.5. The maximum absolute atomic E-state index is 12.7. The lowest BCUT2D eigenvalue weighted by Crippen LogP contribution is -2.38. The summed E-state index contributed by atoms with van der Waals surface area (Å²) in [6, 6.07) is 4.72. The Morgan fingerprint density at radius 3 is 2.55 bits per heavy atom. The molecular weight excluding hydrogens is 292 g/mol.